The second-order valence-corrected chi connectivity index (χ2v) is 20.1. The van der Waals surface area contributed by atoms with Crippen LogP contribution in [0.1, 0.15) is 57.6 Å². The van der Waals surface area contributed by atoms with E-state index < -0.39 is 8.07 Å². The van der Waals surface area contributed by atoms with Crippen LogP contribution in [0.2, 0.25) is 19.6 Å². The summed E-state index contributed by atoms with van der Waals surface area (Å²) < 4.78 is 6.45. The van der Waals surface area contributed by atoms with Crippen molar-refractivity contribution in [2.45, 2.75) is 73.0 Å². The molecule has 0 saturated heterocycles. The average molecular weight is 829 g/mol. The third kappa shape index (κ3) is 7.44. The minimum Gasteiger partial charge on any atom is -0.501 e. The van der Waals surface area contributed by atoms with Crippen molar-refractivity contribution in [1.29, 1.82) is 0 Å². The van der Waals surface area contributed by atoms with Crippen molar-refractivity contribution in [3.63, 3.8) is 0 Å². The number of benzene rings is 3. The summed E-state index contributed by atoms with van der Waals surface area (Å²) in [5.74, 6) is 3.48. The molecule has 5 heteroatoms. The first-order valence-electron chi connectivity index (χ1n) is 17.3. The summed E-state index contributed by atoms with van der Waals surface area (Å²) in [7, 11) is -1.58. The molecular formula is C43H48IrN2OSi-2. The Bertz CT molecular complexity index is 1920. The normalized spacial score (nSPS) is 17.8. The van der Waals surface area contributed by atoms with Crippen LogP contribution in [-0.4, -0.2) is 18.0 Å². The first-order valence-corrected chi connectivity index (χ1v) is 20.8. The van der Waals surface area contributed by atoms with E-state index in [-0.39, 0.29) is 20.1 Å². The van der Waals surface area contributed by atoms with Gasteiger partial charge in [-0.3, -0.25) is 0 Å². The van der Waals surface area contributed by atoms with E-state index in [1.165, 1.54) is 39.9 Å². The second-order valence-electron chi connectivity index (χ2n) is 15.0. The van der Waals surface area contributed by atoms with Gasteiger partial charge in [0.25, 0.3) is 0 Å². The Morgan fingerprint density at radius 3 is 2.02 bits per heavy atom. The molecule has 0 spiro atoms. The van der Waals surface area contributed by atoms with Gasteiger partial charge in [-0.2, -0.15) is 0 Å². The summed E-state index contributed by atoms with van der Waals surface area (Å²) in [5, 5.41) is 3.86. The Balaban J connectivity index is 0.000000270. The largest absolute Gasteiger partial charge is 0.501 e. The Hall–Kier alpha value is -3.37. The van der Waals surface area contributed by atoms with Gasteiger partial charge in [-0.1, -0.05) is 101 Å². The maximum Gasteiger partial charge on any atom is 0.120 e. The number of hydrogen-bond acceptors (Lipinski definition) is 3. The van der Waals surface area contributed by atoms with E-state index in [9.17, 15) is 0 Å². The number of nitrogens with zero attached hydrogens (tertiary/aromatic N) is 2. The molecule has 7 rings (SSSR count). The zero-order valence-corrected chi connectivity index (χ0v) is 33.0. The molecule has 3 nitrogen and oxygen atoms in total. The number of pyridine rings is 2. The quantitative estimate of drug-likeness (QED) is 0.124. The van der Waals surface area contributed by atoms with Crippen molar-refractivity contribution in [3.05, 3.63) is 115 Å². The van der Waals surface area contributed by atoms with Crippen LogP contribution in [-0.2, 0) is 20.1 Å². The molecule has 1 aliphatic carbocycles. The molecule has 0 amide bonds. The summed E-state index contributed by atoms with van der Waals surface area (Å²) in [6.07, 6.45) is 6.68. The van der Waals surface area contributed by atoms with Crippen LogP contribution in [0.5, 0.6) is 0 Å². The number of rotatable bonds is 6. The molecule has 3 heterocycles. The Labute approximate surface area is 302 Å². The second kappa shape index (κ2) is 15.0. The Morgan fingerprint density at radius 1 is 0.771 bits per heavy atom. The van der Waals surface area contributed by atoms with Gasteiger partial charge in [0.1, 0.15) is 5.58 Å². The molecule has 3 aromatic heterocycles. The van der Waals surface area contributed by atoms with Crippen LogP contribution in [0.25, 0.3) is 44.5 Å². The minimum atomic E-state index is -1.58. The number of aromatic nitrogens is 2. The van der Waals surface area contributed by atoms with E-state index in [2.05, 4.69) is 113 Å². The van der Waals surface area contributed by atoms with Crippen LogP contribution in [0.15, 0.2) is 95.7 Å². The molecule has 251 valence electrons. The van der Waals surface area contributed by atoms with Crippen LogP contribution in [0.3, 0.4) is 0 Å². The van der Waals surface area contributed by atoms with Gasteiger partial charge in [0.2, 0.25) is 0 Å². The first-order chi connectivity index (χ1) is 22.5. The predicted molar refractivity (Wildman–Crippen MR) is 201 cm³/mol. The Morgan fingerprint density at radius 2 is 1.44 bits per heavy atom. The van der Waals surface area contributed by atoms with Crippen molar-refractivity contribution in [2.75, 3.05) is 0 Å². The van der Waals surface area contributed by atoms with E-state index in [1.807, 2.05) is 49.5 Å². The summed E-state index contributed by atoms with van der Waals surface area (Å²) in [6, 6.07) is 33.8. The van der Waals surface area contributed by atoms with Crippen molar-refractivity contribution in [3.8, 4) is 22.5 Å². The van der Waals surface area contributed by atoms with Gasteiger partial charge in [-0.05, 0) is 77.9 Å². The van der Waals surface area contributed by atoms with Crippen molar-refractivity contribution < 1.29 is 24.5 Å². The maximum absolute atomic E-state index is 6.45. The molecule has 0 bridgehead atoms. The molecule has 1 fully saturated rings. The van der Waals surface area contributed by atoms with Gasteiger partial charge in [0.15, 0.2) is 0 Å². The summed E-state index contributed by atoms with van der Waals surface area (Å²) in [6.45, 7) is 18.7. The third-order valence-electron chi connectivity index (χ3n) is 10.1. The van der Waals surface area contributed by atoms with Gasteiger partial charge in [0, 0.05) is 46.0 Å². The third-order valence-corrected chi connectivity index (χ3v) is 12.1. The van der Waals surface area contributed by atoms with Gasteiger partial charge >= 0.3 is 0 Å². The molecule has 2 unspecified atom stereocenters. The van der Waals surface area contributed by atoms with Crippen LogP contribution >= 0.6 is 0 Å². The molecule has 0 N–H and O–H groups in total. The molecule has 1 aliphatic rings. The standard InChI is InChI=1S/C31H38NOSi.C12H10N.Ir/c1-19(2)22-13-14-23(20(3)4)29(22)21-12-16-26(32-18-21)24-15-17-28(34(5,6)7)30-25-10-8-9-11-27(25)33-31(24)30;1-10-7-8-12(13-9-10)11-5-3-2-4-6-11;/h8-12,16-20,22-23,29H,13-14H2,1-7H3;2-5,7-9H,1H3;/q2*-1;. The number of aryl methyl sites for hydroxylation is 1. The fourth-order valence-corrected chi connectivity index (χ4v) is 9.04. The van der Waals surface area contributed by atoms with Gasteiger partial charge in [-0.15, -0.1) is 53.2 Å². The van der Waals surface area contributed by atoms with Crippen LogP contribution in [0.4, 0.5) is 0 Å². The molecule has 1 saturated carbocycles. The predicted octanol–water partition coefficient (Wildman–Crippen LogP) is 11.3. The van der Waals surface area contributed by atoms with Crippen LogP contribution in [0, 0.1) is 42.7 Å². The molecule has 1 radical (unpaired) electrons. The molecule has 48 heavy (non-hydrogen) atoms. The zero-order chi connectivity index (χ0) is 33.3. The smallest absolute Gasteiger partial charge is 0.120 e. The molecule has 3 aromatic carbocycles. The zero-order valence-electron chi connectivity index (χ0n) is 29.6. The summed E-state index contributed by atoms with van der Waals surface area (Å²) in [5.41, 5.74) is 8.41. The van der Waals surface area contributed by atoms with Gasteiger partial charge in [-0.25, -0.2) is 0 Å². The molecule has 6 aromatic rings. The summed E-state index contributed by atoms with van der Waals surface area (Å²) >= 11 is 0. The minimum absolute atomic E-state index is 0. The fourth-order valence-electron chi connectivity index (χ4n) is 7.53. The van der Waals surface area contributed by atoms with E-state index in [1.54, 1.807) is 0 Å². The molecule has 0 aliphatic heterocycles. The van der Waals surface area contributed by atoms with Crippen molar-refractivity contribution in [2.24, 2.45) is 23.7 Å². The average Bonchev–Trinajstić information content (AvgIpc) is 3.68. The maximum atomic E-state index is 6.45. The fraction of sp³-hybridized carbons (Fsp3) is 0.349. The molecular weight excluding hydrogens is 781 g/mol. The van der Waals surface area contributed by atoms with Crippen molar-refractivity contribution in [1.82, 2.24) is 9.97 Å². The van der Waals surface area contributed by atoms with E-state index >= 15 is 0 Å². The van der Waals surface area contributed by atoms with Gasteiger partial charge in [0.05, 0.1) is 5.58 Å². The SMILES string of the molecule is CC(C)C1CCC(C(C)C)C1c1ccc(-c2[c-]cc([Si](C)(C)C)c3c2oc2ccccc23)nc1.Cc1ccc(-c2[c-]cccc2)nc1.[Ir]. The van der Waals surface area contributed by atoms with Gasteiger partial charge < -0.3 is 14.4 Å². The summed E-state index contributed by atoms with van der Waals surface area (Å²) in [4.78, 5) is 9.33. The molecule has 2 atom stereocenters. The number of fused-ring (bicyclic) bond motifs is 3. The van der Waals surface area contributed by atoms with E-state index in [4.69, 9.17) is 9.40 Å². The van der Waals surface area contributed by atoms with Crippen molar-refractivity contribution >= 4 is 35.2 Å². The van der Waals surface area contributed by atoms with Crippen LogP contribution < -0.4 is 5.19 Å². The monoisotopic (exact) mass is 829 g/mol. The Kier molecular flexibility index (Phi) is 11.2. The number of hydrogen-bond donors (Lipinski definition) is 0. The first kappa shape index (κ1) is 35.9. The number of furan rings is 1. The van der Waals surface area contributed by atoms with E-state index in [0.717, 1.165) is 45.5 Å². The topological polar surface area (TPSA) is 38.9 Å². The van der Waals surface area contributed by atoms with E-state index in [0.29, 0.717) is 17.8 Å². The number of para-hydroxylation sites is 1.